The molecule has 0 aromatic heterocycles. The van der Waals surface area contributed by atoms with Gasteiger partial charge in [0.05, 0.1) is 26.9 Å². The first kappa shape index (κ1) is 15.3. The van der Waals surface area contributed by atoms with Crippen LogP contribution in [0.1, 0.15) is 15.9 Å². The zero-order valence-electron chi connectivity index (χ0n) is 11.6. The van der Waals surface area contributed by atoms with Crippen molar-refractivity contribution >= 4 is 11.9 Å². The zero-order valence-corrected chi connectivity index (χ0v) is 11.6. The van der Waals surface area contributed by atoms with Crippen LogP contribution in [0, 0.1) is 0 Å². The summed E-state index contributed by atoms with van der Waals surface area (Å²) in [5, 5.41) is 11.8. The highest BCUT2D eigenvalue weighted by Gasteiger charge is 2.22. The number of aromatic carboxylic acids is 1. The molecule has 1 aromatic rings. The predicted octanol–water partition coefficient (Wildman–Crippen LogP) is 0.425. The van der Waals surface area contributed by atoms with Gasteiger partial charge in [-0.25, -0.2) is 4.79 Å². The molecule has 7 nitrogen and oxygen atoms in total. The summed E-state index contributed by atoms with van der Waals surface area (Å²) in [5.74, 6) is -1.08. The molecule has 1 amide bonds. The lowest BCUT2D eigenvalue weighted by molar-refractivity contribution is -0.147. The van der Waals surface area contributed by atoms with Crippen LogP contribution in [0.4, 0.5) is 0 Å². The third kappa shape index (κ3) is 3.93. The summed E-state index contributed by atoms with van der Waals surface area (Å²) in [7, 11) is 1.41. The SMILES string of the molecule is COc1ccc(CNC(=O)C2COCCO2)cc1C(=O)O. The fourth-order valence-electron chi connectivity index (χ4n) is 1.97. The molecule has 1 fully saturated rings. The number of amides is 1. The van der Waals surface area contributed by atoms with E-state index in [2.05, 4.69) is 5.32 Å². The summed E-state index contributed by atoms with van der Waals surface area (Å²) in [6, 6.07) is 4.73. The molecule has 2 N–H and O–H groups in total. The first-order valence-electron chi connectivity index (χ1n) is 6.49. The van der Waals surface area contributed by atoms with Gasteiger partial charge < -0.3 is 24.6 Å². The van der Waals surface area contributed by atoms with Gasteiger partial charge in [0.2, 0.25) is 0 Å². The molecular formula is C14H17NO6. The number of carbonyl (C=O) groups is 2. The number of nitrogens with one attached hydrogen (secondary N) is 1. The minimum absolute atomic E-state index is 0.0569. The van der Waals surface area contributed by atoms with E-state index in [1.165, 1.54) is 13.2 Å². The number of carboxylic acid groups (broad SMARTS) is 1. The summed E-state index contributed by atoms with van der Waals surface area (Å²) in [6.45, 7) is 1.33. The van der Waals surface area contributed by atoms with Crippen LogP contribution >= 0.6 is 0 Å². The first-order chi connectivity index (χ1) is 10.1. The van der Waals surface area contributed by atoms with Crippen LogP contribution < -0.4 is 10.1 Å². The highest BCUT2D eigenvalue weighted by atomic mass is 16.6. The lowest BCUT2D eigenvalue weighted by Crippen LogP contribution is -2.42. The van der Waals surface area contributed by atoms with E-state index in [0.717, 1.165) is 0 Å². The smallest absolute Gasteiger partial charge is 0.339 e. The molecule has 2 rings (SSSR count). The van der Waals surface area contributed by atoms with E-state index in [4.69, 9.17) is 19.3 Å². The maximum atomic E-state index is 11.9. The van der Waals surface area contributed by atoms with Gasteiger partial charge in [-0.2, -0.15) is 0 Å². The predicted molar refractivity (Wildman–Crippen MR) is 72.4 cm³/mol. The highest BCUT2D eigenvalue weighted by Crippen LogP contribution is 2.19. The molecule has 1 heterocycles. The average Bonchev–Trinajstić information content (AvgIpc) is 2.53. The third-order valence-electron chi connectivity index (χ3n) is 3.07. The number of rotatable bonds is 5. The van der Waals surface area contributed by atoms with E-state index in [1.807, 2.05) is 0 Å². The largest absolute Gasteiger partial charge is 0.496 e. The van der Waals surface area contributed by atoms with Gasteiger partial charge in [0.25, 0.3) is 5.91 Å². The van der Waals surface area contributed by atoms with Crippen LogP contribution in [0.25, 0.3) is 0 Å². The van der Waals surface area contributed by atoms with Gasteiger partial charge >= 0.3 is 5.97 Å². The van der Waals surface area contributed by atoms with Crippen LogP contribution in [0.15, 0.2) is 18.2 Å². The molecule has 0 spiro atoms. The van der Waals surface area contributed by atoms with Gasteiger partial charge in [-0.3, -0.25) is 4.79 Å². The molecule has 1 aliphatic heterocycles. The standard InChI is InChI=1S/C14H17NO6/c1-19-11-3-2-9(6-10(11)14(17)18)7-15-13(16)12-8-20-4-5-21-12/h2-3,6,12H,4-5,7-8H2,1H3,(H,15,16)(H,17,18). The maximum absolute atomic E-state index is 11.9. The third-order valence-corrected chi connectivity index (χ3v) is 3.07. The second kappa shape index (κ2) is 7.05. The molecule has 21 heavy (non-hydrogen) atoms. The van der Waals surface area contributed by atoms with Gasteiger partial charge in [0, 0.05) is 6.54 Å². The lowest BCUT2D eigenvalue weighted by atomic mass is 10.1. The van der Waals surface area contributed by atoms with Gasteiger partial charge in [-0.05, 0) is 17.7 Å². The van der Waals surface area contributed by atoms with E-state index in [-0.39, 0.29) is 30.4 Å². The first-order valence-corrected chi connectivity index (χ1v) is 6.49. The van der Waals surface area contributed by atoms with Crippen molar-refractivity contribution in [1.82, 2.24) is 5.32 Å². The minimum atomic E-state index is -1.08. The second-order valence-corrected chi connectivity index (χ2v) is 4.49. The monoisotopic (exact) mass is 295 g/mol. The Kier molecular flexibility index (Phi) is 5.13. The Morgan fingerprint density at radius 2 is 2.24 bits per heavy atom. The van der Waals surface area contributed by atoms with Crippen molar-refractivity contribution in [3.05, 3.63) is 29.3 Å². The molecule has 0 saturated carbocycles. The number of methoxy groups -OCH3 is 1. The van der Waals surface area contributed by atoms with E-state index in [0.29, 0.717) is 18.8 Å². The van der Waals surface area contributed by atoms with Crippen LogP contribution in [0.3, 0.4) is 0 Å². The lowest BCUT2D eigenvalue weighted by Gasteiger charge is -2.22. The Balaban J connectivity index is 1.98. The van der Waals surface area contributed by atoms with Gasteiger partial charge in [0.1, 0.15) is 11.3 Å². The van der Waals surface area contributed by atoms with E-state index in [9.17, 15) is 9.59 Å². The van der Waals surface area contributed by atoms with E-state index < -0.39 is 12.1 Å². The molecule has 1 atom stereocenters. The summed E-state index contributed by atoms with van der Waals surface area (Å²) >= 11 is 0. The summed E-state index contributed by atoms with van der Waals surface area (Å²) < 4.78 is 15.4. The topological polar surface area (TPSA) is 94.1 Å². The van der Waals surface area contributed by atoms with Gasteiger partial charge in [-0.1, -0.05) is 6.07 Å². The summed E-state index contributed by atoms with van der Waals surface area (Å²) in [6.07, 6.45) is -0.615. The second-order valence-electron chi connectivity index (χ2n) is 4.49. The molecular weight excluding hydrogens is 278 g/mol. The molecule has 1 aliphatic rings. The fraction of sp³-hybridized carbons (Fsp3) is 0.429. The molecule has 0 bridgehead atoms. The van der Waals surface area contributed by atoms with Gasteiger partial charge in [-0.15, -0.1) is 0 Å². The van der Waals surface area contributed by atoms with Crippen molar-refractivity contribution in [2.75, 3.05) is 26.9 Å². The Bertz CT molecular complexity index is 524. The van der Waals surface area contributed by atoms with Crippen molar-refractivity contribution in [2.45, 2.75) is 12.6 Å². The molecule has 0 radical (unpaired) electrons. The van der Waals surface area contributed by atoms with Crippen molar-refractivity contribution in [3.63, 3.8) is 0 Å². The van der Waals surface area contributed by atoms with Crippen LogP contribution in [0.2, 0.25) is 0 Å². The van der Waals surface area contributed by atoms with Crippen molar-refractivity contribution in [2.24, 2.45) is 0 Å². The van der Waals surface area contributed by atoms with Crippen LogP contribution in [-0.2, 0) is 20.8 Å². The maximum Gasteiger partial charge on any atom is 0.339 e. The number of carboxylic acids is 1. The van der Waals surface area contributed by atoms with E-state index >= 15 is 0 Å². The fourth-order valence-corrected chi connectivity index (χ4v) is 1.97. The number of carbonyl (C=O) groups excluding carboxylic acids is 1. The number of hydrogen-bond donors (Lipinski definition) is 2. The molecule has 0 aliphatic carbocycles. The Hall–Kier alpha value is -2.12. The number of ether oxygens (including phenoxy) is 3. The van der Waals surface area contributed by atoms with Gasteiger partial charge in [0.15, 0.2) is 6.10 Å². The number of benzene rings is 1. The molecule has 7 heteroatoms. The normalized spacial score (nSPS) is 18.0. The van der Waals surface area contributed by atoms with E-state index in [1.54, 1.807) is 12.1 Å². The molecule has 1 aromatic carbocycles. The summed E-state index contributed by atoms with van der Waals surface area (Å²) in [5.41, 5.74) is 0.722. The number of hydrogen-bond acceptors (Lipinski definition) is 5. The van der Waals surface area contributed by atoms with Crippen molar-refractivity contribution in [1.29, 1.82) is 0 Å². The molecule has 1 saturated heterocycles. The summed E-state index contributed by atoms with van der Waals surface area (Å²) in [4.78, 5) is 23.0. The molecule has 114 valence electrons. The van der Waals surface area contributed by atoms with Crippen molar-refractivity contribution in [3.8, 4) is 5.75 Å². The van der Waals surface area contributed by atoms with Crippen LogP contribution in [-0.4, -0.2) is 50.0 Å². The zero-order chi connectivity index (χ0) is 15.2. The van der Waals surface area contributed by atoms with Crippen LogP contribution in [0.5, 0.6) is 5.75 Å². The Morgan fingerprint density at radius 1 is 1.43 bits per heavy atom. The quantitative estimate of drug-likeness (QED) is 0.818. The molecule has 1 unspecified atom stereocenters. The Morgan fingerprint density at radius 3 is 2.86 bits per heavy atom. The minimum Gasteiger partial charge on any atom is -0.496 e. The Labute approximate surface area is 121 Å². The highest BCUT2D eigenvalue weighted by molar-refractivity contribution is 5.91. The van der Waals surface area contributed by atoms with Crippen molar-refractivity contribution < 1.29 is 28.9 Å². The average molecular weight is 295 g/mol.